The molecule has 2 heterocycles. The van der Waals surface area contributed by atoms with Gasteiger partial charge in [-0.1, -0.05) is 0 Å². The van der Waals surface area contributed by atoms with Crippen molar-refractivity contribution >= 4 is 33.1 Å². The van der Waals surface area contributed by atoms with Crippen LogP contribution in [0.2, 0.25) is 0 Å². The Balaban J connectivity index is 2.01. The quantitative estimate of drug-likeness (QED) is 0.793. The Labute approximate surface area is 112 Å². The molecule has 3 rings (SSSR count). The summed E-state index contributed by atoms with van der Waals surface area (Å²) in [5.41, 5.74) is 0.586. The van der Waals surface area contributed by atoms with E-state index in [2.05, 4.69) is 15.3 Å². The molecule has 0 saturated heterocycles. The first-order valence-electron chi connectivity index (χ1n) is 5.56. The number of hydrogen-bond donors (Lipinski definition) is 1. The van der Waals surface area contributed by atoms with Crippen molar-refractivity contribution in [3.63, 3.8) is 0 Å². The summed E-state index contributed by atoms with van der Waals surface area (Å²) in [5.74, 6) is 0.745. The molecule has 0 bridgehead atoms. The van der Waals surface area contributed by atoms with E-state index in [1.54, 1.807) is 6.07 Å². The molecule has 0 atom stereocenters. The number of ether oxygens (including phenoxy) is 1. The van der Waals surface area contributed by atoms with E-state index in [9.17, 15) is 4.39 Å². The minimum absolute atomic E-state index is 0.363. The van der Waals surface area contributed by atoms with Crippen molar-refractivity contribution in [1.82, 2.24) is 9.97 Å². The first-order valence-corrected chi connectivity index (χ1v) is 6.44. The summed E-state index contributed by atoms with van der Waals surface area (Å²) in [7, 11) is 1.50. The Bertz CT molecular complexity index is 729. The van der Waals surface area contributed by atoms with Crippen molar-refractivity contribution < 1.29 is 9.13 Å². The summed E-state index contributed by atoms with van der Waals surface area (Å²) in [4.78, 5) is 9.23. The number of anilines is 2. The van der Waals surface area contributed by atoms with Gasteiger partial charge in [-0.15, -0.1) is 11.3 Å². The number of fused-ring (bicyclic) bond motifs is 1. The van der Waals surface area contributed by atoms with Crippen molar-refractivity contribution in [2.75, 3.05) is 12.4 Å². The van der Waals surface area contributed by atoms with Crippen LogP contribution >= 0.6 is 11.3 Å². The zero-order chi connectivity index (χ0) is 13.2. The highest BCUT2D eigenvalue weighted by Gasteiger charge is 2.07. The maximum absolute atomic E-state index is 13.4. The topological polar surface area (TPSA) is 47.0 Å². The number of thiophene rings is 1. The lowest BCUT2D eigenvalue weighted by molar-refractivity contribution is 0.411. The number of methoxy groups -OCH3 is 1. The zero-order valence-corrected chi connectivity index (χ0v) is 10.9. The molecule has 3 aromatic rings. The van der Waals surface area contributed by atoms with Crippen molar-refractivity contribution in [1.29, 1.82) is 0 Å². The van der Waals surface area contributed by atoms with E-state index in [1.807, 2.05) is 11.4 Å². The van der Waals surface area contributed by atoms with Gasteiger partial charge in [0, 0.05) is 17.8 Å². The maximum Gasteiger partial charge on any atom is 0.142 e. The van der Waals surface area contributed by atoms with Gasteiger partial charge in [0.25, 0.3) is 0 Å². The fourth-order valence-corrected chi connectivity index (χ4v) is 2.51. The van der Waals surface area contributed by atoms with Crippen molar-refractivity contribution in [3.8, 4) is 5.75 Å². The van der Waals surface area contributed by atoms with E-state index in [0.29, 0.717) is 17.3 Å². The number of hydrogen-bond acceptors (Lipinski definition) is 5. The van der Waals surface area contributed by atoms with E-state index in [4.69, 9.17) is 4.74 Å². The number of benzene rings is 1. The fraction of sp³-hybridized carbons (Fsp3) is 0.0769. The van der Waals surface area contributed by atoms with Crippen LogP contribution in [-0.2, 0) is 0 Å². The average Bonchev–Trinajstić information content (AvgIpc) is 2.87. The first kappa shape index (κ1) is 11.9. The largest absolute Gasteiger partial charge is 0.497 e. The van der Waals surface area contributed by atoms with Gasteiger partial charge in [0.05, 0.1) is 12.5 Å². The normalized spacial score (nSPS) is 10.6. The molecule has 0 radical (unpaired) electrons. The third kappa shape index (κ3) is 2.34. The second kappa shape index (κ2) is 4.81. The molecule has 4 nitrogen and oxygen atoms in total. The van der Waals surface area contributed by atoms with Crippen molar-refractivity contribution in [3.05, 3.63) is 41.8 Å². The number of nitrogens with zero attached hydrogens (tertiary/aromatic N) is 2. The third-order valence-corrected chi connectivity index (χ3v) is 3.45. The highest BCUT2D eigenvalue weighted by Crippen LogP contribution is 2.28. The van der Waals surface area contributed by atoms with Gasteiger partial charge >= 0.3 is 0 Å². The Hall–Kier alpha value is -2.21. The lowest BCUT2D eigenvalue weighted by Crippen LogP contribution is -1.96. The minimum atomic E-state index is -0.363. The zero-order valence-electron chi connectivity index (χ0n) is 10.1. The van der Waals surface area contributed by atoms with Crippen LogP contribution in [-0.4, -0.2) is 17.1 Å². The van der Waals surface area contributed by atoms with E-state index in [1.165, 1.54) is 36.9 Å². The van der Waals surface area contributed by atoms with Crippen LogP contribution in [0.1, 0.15) is 0 Å². The molecule has 1 aromatic carbocycles. The van der Waals surface area contributed by atoms with Gasteiger partial charge in [0.15, 0.2) is 0 Å². The molecule has 6 heteroatoms. The number of aromatic nitrogens is 2. The Morgan fingerprint density at radius 3 is 3.00 bits per heavy atom. The first-order chi connectivity index (χ1) is 9.26. The summed E-state index contributed by atoms with van der Waals surface area (Å²) >= 11 is 1.53. The fourth-order valence-electron chi connectivity index (χ4n) is 1.78. The van der Waals surface area contributed by atoms with Crippen LogP contribution < -0.4 is 10.1 Å². The van der Waals surface area contributed by atoms with E-state index < -0.39 is 0 Å². The van der Waals surface area contributed by atoms with Crippen LogP contribution in [0.5, 0.6) is 5.75 Å². The van der Waals surface area contributed by atoms with Gasteiger partial charge in [-0.25, -0.2) is 14.4 Å². The standard InChI is InChI=1S/C13H10FN3OS/c1-18-10-5-8(14)4-9(6-10)17-12-11-2-3-19-13(11)16-7-15-12/h2-7H,1H3,(H,15,16,17). The minimum Gasteiger partial charge on any atom is -0.497 e. The average molecular weight is 275 g/mol. The van der Waals surface area contributed by atoms with Crippen LogP contribution in [0.15, 0.2) is 36.0 Å². The highest BCUT2D eigenvalue weighted by atomic mass is 32.1. The van der Waals surface area contributed by atoms with E-state index >= 15 is 0 Å². The molecule has 0 fully saturated rings. The van der Waals surface area contributed by atoms with Crippen LogP contribution in [0, 0.1) is 5.82 Å². The number of rotatable bonds is 3. The van der Waals surface area contributed by atoms with Gasteiger partial charge in [0.2, 0.25) is 0 Å². The second-order valence-electron chi connectivity index (χ2n) is 3.87. The van der Waals surface area contributed by atoms with Crippen LogP contribution in [0.4, 0.5) is 15.9 Å². The summed E-state index contributed by atoms with van der Waals surface area (Å²) in [6.07, 6.45) is 1.48. The molecule has 2 aromatic heterocycles. The molecule has 0 amide bonds. The number of halogens is 1. The smallest absolute Gasteiger partial charge is 0.142 e. The van der Waals surface area contributed by atoms with Gasteiger partial charge in [0.1, 0.15) is 28.5 Å². The lowest BCUT2D eigenvalue weighted by atomic mass is 10.2. The molecule has 96 valence electrons. The van der Waals surface area contributed by atoms with Gasteiger partial charge in [-0.05, 0) is 17.5 Å². The van der Waals surface area contributed by atoms with E-state index in [-0.39, 0.29) is 5.82 Å². The summed E-state index contributed by atoms with van der Waals surface area (Å²) < 4.78 is 18.5. The lowest BCUT2D eigenvalue weighted by Gasteiger charge is -2.08. The molecule has 0 spiro atoms. The monoisotopic (exact) mass is 275 g/mol. The molecular formula is C13H10FN3OS. The van der Waals surface area contributed by atoms with Crippen molar-refractivity contribution in [2.24, 2.45) is 0 Å². The summed E-state index contributed by atoms with van der Waals surface area (Å²) in [6, 6.07) is 6.36. The van der Waals surface area contributed by atoms with E-state index in [0.717, 1.165) is 10.2 Å². The molecular weight excluding hydrogens is 265 g/mol. The molecule has 0 aliphatic carbocycles. The Morgan fingerprint density at radius 2 is 2.16 bits per heavy atom. The van der Waals surface area contributed by atoms with Gasteiger partial charge in [-0.3, -0.25) is 0 Å². The summed E-state index contributed by atoms with van der Waals surface area (Å²) in [5, 5.41) is 5.94. The van der Waals surface area contributed by atoms with Crippen molar-refractivity contribution in [2.45, 2.75) is 0 Å². The predicted octanol–water partition coefficient (Wildman–Crippen LogP) is 3.58. The summed E-state index contributed by atoms with van der Waals surface area (Å²) in [6.45, 7) is 0. The highest BCUT2D eigenvalue weighted by molar-refractivity contribution is 7.16. The second-order valence-corrected chi connectivity index (χ2v) is 4.76. The molecule has 19 heavy (non-hydrogen) atoms. The van der Waals surface area contributed by atoms with Gasteiger partial charge in [-0.2, -0.15) is 0 Å². The molecule has 0 saturated carbocycles. The van der Waals surface area contributed by atoms with Crippen LogP contribution in [0.25, 0.3) is 10.2 Å². The van der Waals surface area contributed by atoms with Crippen LogP contribution in [0.3, 0.4) is 0 Å². The predicted molar refractivity (Wildman–Crippen MR) is 73.6 cm³/mol. The molecule has 0 aliphatic heterocycles. The molecule has 0 aliphatic rings. The van der Waals surface area contributed by atoms with Gasteiger partial charge < -0.3 is 10.1 Å². The Morgan fingerprint density at radius 1 is 1.26 bits per heavy atom. The number of nitrogens with one attached hydrogen (secondary N) is 1. The SMILES string of the molecule is COc1cc(F)cc(Nc2ncnc3sccc23)c1. The third-order valence-electron chi connectivity index (χ3n) is 2.63. The molecule has 0 unspecified atom stereocenters. The molecule has 1 N–H and O–H groups in total. The Kier molecular flexibility index (Phi) is 3.00. The maximum atomic E-state index is 13.4.